The van der Waals surface area contributed by atoms with Gasteiger partial charge >= 0.3 is 0 Å². The molecule has 0 unspecified atom stereocenters. The van der Waals surface area contributed by atoms with Crippen LogP contribution in [-0.4, -0.2) is 44.5 Å². The van der Waals surface area contributed by atoms with Crippen molar-refractivity contribution in [2.45, 2.75) is 18.9 Å². The maximum absolute atomic E-state index is 13.6. The number of anilines is 1. The first-order chi connectivity index (χ1) is 19.1. The van der Waals surface area contributed by atoms with Crippen molar-refractivity contribution in [2.24, 2.45) is 0 Å². The molecule has 194 valence electrons. The highest BCUT2D eigenvalue weighted by molar-refractivity contribution is 6.33. The molecule has 39 heavy (non-hydrogen) atoms. The van der Waals surface area contributed by atoms with Crippen LogP contribution in [0, 0.1) is 0 Å². The monoisotopic (exact) mass is 533 g/mol. The zero-order valence-corrected chi connectivity index (χ0v) is 22.2. The SMILES string of the molecule is C=Cc1cnn2c(NC3CCN(C(=O)c4ccccc4-c4ccccc4)CC3)cc(-c3ccccc3Cl)nc12. The maximum atomic E-state index is 13.6. The Balaban J connectivity index is 1.22. The third-order valence-corrected chi connectivity index (χ3v) is 7.57. The second kappa shape index (κ2) is 10.8. The average Bonchev–Trinajstić information content (AvgIpc) is 3.41. The molecule has 3 heterocycles. The fourth-order valence-electron chi connectivity index (χ4n) is 5.18. The highest BCUT2D eigenvalue weighted by atomic mass is 35.5. The molecule has 3 aromatic carbocycles. The quantitative estimate of drug-likeness (QED) is 0.253. The number of hydrogen-bond donors (Lipinski definition) is 1. The van der Waals surface area contributed by atoms with Gasteiger partial charge in [0.15, 0.2) is 5.65 Å². The molecule has 0 aliphatic carbocycles. The smallest absolute Gasteiger partial charge is 0.254 e. The summed E-state index contributed by atoms with van der Waals surface area (Å²) in [6.45, 7) is 5.25. The van der Waals surface area contributed by atoms with Crippen molar-refractivity contribution in [1.29, 1.82) is 0 Å². The number of fused-ring (bicyclic) bond motifs is 1. The van der Waals surface area contributed by atoms with E-state index in [-0.39, 0.29) is 11.9 Å². The molecule has 0 spiro atoms. The molecule has 0 atom stereocenters. The van der Waals surface area contributed by atoms with Crippen LogP contribution < -0.4 is 5.32 Å². The van der Waals surface area contributed by atoms with Gasteiger partial charge in [0.2, 0.25) is 0 Å². The number of nitrogens with one attached hydrogen (secondary N) is 1. The molecule has 7 heteroatoms. The molecule has 2 aromatic heterocycles. The van der Waals surface area contributed by atoms with Crippen LogP contribution in [0.25, 0.3) is 34.1 Å². The van der Waals surface area contributed by atoms with E-state index in [4.69, 9.17) is 16.6 Å². The summed E-state index contributed by atoms with van der Waals surface area (Å²) in [6.07, 6.45) is 5.16. The number of likely N-dealkylation sites (tertiary alicyclic amines) is 1. The van der Waals surface area contributed by atoms with Crippen molar-refractivity contribution in [3.8, 4) is 22.4 Å². The largest absolute Gasteiger partial charge is 0.367 e. The van der Waals surface area contributed by atoms with E-state index in [0.717, 1.165) is 57.8 Å². The highest BCUT2D eigenvalue weighted by Gasteiger charge is 2.26. The Kier molecular flexibility index (Phi) is 6.86. The number of rotatable bonds is 6. The lowest BCUT2D eigenvalue weighted by atomic mass is 9.97. The average molecular weight is 534 g/mol. The van der Waals surface area contributed by atoms with E-state index in [1.54, 1.807) is 12.3 Å². The molecule has 6 rings (SSSR count). The summed E-state index contributed by atoms with van der Waals surface area (Å²) >= 11 is 6.51. The van der Waals surface area contributed by atoms with Crippen LogP contribution >= 0.6 is 11.6 Å². The summed E-state index contributed by atoms with van der Waals surface area (Å²) in [6, 6.07) is 27.8. The molecule has 0 bridgehead atoms. The van der Waals surface area contributed by atoms with Crippen molar-refractivity contribution < 1.29 is 4.79 Å². The molecule has 6 nitrogen and oxygen atoms in total. The van der Waals surface area contributed by atoms with Gasteiger partial charge in [-0.05, 0) is 36.1 Å². The number of hydrogen-bond acceptors (Lipinski definition) is 4. The topological polar surface area (TPSA) is 62.5 Å². The molecule has 5 aromatic rings. The molecule has 1 saturated heterocycles. The fraction of sp³-hybridized carbons (Fsp3) is 0.156. The predicted octanol–water partition coefficient (Wildman–Crippen LogP) is 7.08. The van der Waals surface area contributed by atoms with E-state index in [0.29, 0.717) is 18.1 Å². The second-order valence-electron chi connectivity index (χ2n) is 9.67. The van der Waals surface area contributed by atoms with Gasteiger partial charge in [-0.2, -0.15) is 9.61 Å². The minimum atomic E-state index is 0.0721. The van der Waals surface area contributed by atoms with E-state index >= 15 is 0 Å². The highest BCUT2D eigenvalue weighted by Crippen LogP contribution is 2.31. The Bertz CT molecular complexity index is 1650. The lowest BCUT2D eigenvalue weighted by Crippen LogP contribution is -2.42. The van der Waals surface area contributed by atoms with E-state index in [1.165, 1.54) is 0 Å². The summed E-state index contributed by atoms with van der Waals surface area (Å²) in [5.74, 6) is 0.908. The molecule has 0 radical (unpaired) electrons. The summed E-state index contributed by atoms with van der Waals surface area (Å²) in [5, 5.41) is 8.87. The molecule has 1 N–H and O–H groups in total. The Morgan fingerprint density at radius 3 is 2.38 bits per heavy atom. The van der Waals surface area contributed by atoms with Crippen molar-refractivity contribution in [3.05, 3.63) is 114 Å². The summed E-state index contributed by atoms with van der Waals surface area (Å²) in [7, 11) is 0. The van der Waals surface area contributed by atoms with Crippen LogP contribution in [0.3, 0.4) is 0 Å². The minimum Gasteiger partial charge on any atom is -0.367 e. The van der Waals surface area contributed by atoms with E-state index in [1.807, 2.05) is 94.3 Å². The molecular weight excluding hydrogens is 506 g/mol. The van der Waals surface area contributed by atoms with Crippen LogP contribution in [0.5, 0.6) is 0 Å². The predicted molar refractivity (Wildman–Crippen MR) is 158 cm³/mol. The van der Waals surface area contributed by atoms with Gasteiger partial charge in [0.05, 0.1) is 11.9 Å². The van der Waals surface area contributed by atoms with Crippen LogP contribution in [0.1, 0.15) is 28.8 Å². The number of carbonyl (C=O) groups excluding carboxylic acids is 1. The Labute approximate surface area is 232 Å². The molecule has 1 fully saturated rings. The number of benzene rings is 3. The van der Waals surface area contributed by atoms with Gasteiger partial charge in [-0.25, -0.2) is 4.98 Å². The normalized spacial score (nSPS) is 13.9. The molecule has 0 saturated carbocycles. The Hall–Kier alpha value is -4.42. The van der Waals surface area contributed by atoms with Crippen LogP contribution in [0.2, 0.25) is 5.02 Å². The van der Waals surface area contributed by atoms with Gasteiger partial charge < -0.3 is 10.2 Å². The summed E-state index contributed by atoms with van der Waals surface area (Å²) in [4.78, 5) is 20.4. The third kappa shape index (κ3) is 4.91. The number of halogens is 1. The lowest BCUT2D eigenvalue weighted by molar-refractivity contribution is 0.0719. The first kappa shape index (κ1) is 24.9. The number of piperidine rings is 1. The van der Waals surface area contributed by atoms with Gasteiger partial charge in [0.25, 0.3) is 5.91 Å². The summed E-state index contributed by atoms with van der Waals surface area (Å²) < 4.78 is 1.81. The van der Waals surface area contributed by atoms with Crippen LogP contribution in [0.4, 0.5) is 5.82 Å². The lowest BCUT2D eigenvalue weighted by Gasteiger charge is -2.33. The van der Waals surface area contributed by atoms with E-state index in [9.17, 15) is 4.79 Å². The Morgan fingerprint density at radius 1 is 0.949 bits per heavy atom. The van der Waals surface area contributed by atoms with Gasteiger partial charge in [0.1, 0.15) is 5.82 Å². The van der Waals surface area contributed by atoms with Crippen molar-refractivity contribution in [2.75, 3.05) is 18.4 Å². The standard InChI is InChI=1S/C32H28ClN5O/c1-2-22-21-34-38-30(20-29(36-31(22)38)27-14-8-9-15-28(27)33)35-24-16-18-37(19-17-24)32(39)26-13-7-6-12-25(26)23-10-4-3-5-11-23/h2-15,20-21,24,35H,1,16-19H2. The Morgan fingerprint density at radius 2 is 1.64 bits per heavy atom. The molecular formula is C32H28ClN5O. The van der Waals surface area contributed by atoms with E-state index < -0.39 is 0 Å². The first-order valence-electron chi connectivity index (χ1n) is 13.1. The minimum absolute atomic E-state index is 0.0721. The van der Waals surface area contributed by atoms with E-state index in [2.05, 4.69) is 17.0 Å². The first-order valence-corrected chi connectivity index (χ1v) is 13.5. The third-order valence-electron chi connectivity index (χ3n) is 7.25. The summed E-state index contributed by atoms with van der Waals surface area (Å²) in [5.41, 5.74) is 5.95. The maximum Gasteiger partial charge on any atom is 0.254 e. The van der Waals surface area contributed by atoms with Crippen molar-refractivity contribution >= 4 is 35.0 Å². The zero-order chi connectivity index (χ0) is 26.8. The molecule has 1 aliphatic heterocycles. The van der Waals surface area contributed by atoms with Gasteiger partial charge in [-0.1, -0.05) is 91.0 Å². The molecule has 1 aliphatic rings. The number of carbonyl (C=O) groups is 1. The van der Waals surface area contributed by atoms with Gasteiger partial charge in [-0.15, -0.1) is 0 Å². The number of aromatic nitrogens is 3. The van der Waals surface area contributed by atoms with Gasteiger partial charge in [-0.3, -0.25) is 4.79 Å². The van der Waals surface area contributed by atoms with Crippen molar-refractivity contribution in [3.63, 3.8) is 0 Å². The van der Waals surface area contributed by atoms with Gasteiger partial charge in [0, 0.05) is 46.9 Å². The van der Waals surface area contributed by atoms with Crippen LogP contribution in [0.15, 0.2) is 97.7 Å². The van der Waals surface area contributed by atoms with Crippen molar-refractivity contribution in [1.82, 2.24) is 19.5 Å². The molecule has 1 amide bonds. The number of amides is 1. The number of nitrogens with zero attached hydrogens (tertiary/aromatic N) is 4. The zero-order valence-electron chi connectivity index (χ0n) is 21.4. The second-order valence-corrected chi connectivity index (χ2v) is 10.1. The fourth-order valence-corrected chi connectivity index (χ4v) is 5.41. The van der Waals surface area contributed by atoms with Crippen LogP contribution in [-0.2, 0) is 0 Å².